The fourth-order valence-corrected chi connectivity index (χ4v) is 10.2. The molecule has 0 unspecified atom stereocenters. The maximum Gasteiger partial charge on any atom is 0.0557 e. The quantitative estimate of drug-likeness (QED) is 0.0394. The molecule has 0 atom stereocenters. The molecule has 0 rings (SSSR count). The van der Waals surface area contributed by atoms with Gasteiger partial charge in [-0.3, -0.25) is 0 Å². The highest BCUT2D eigenvalue weighted by atomic mass is 32.2. The molecule has 0 radical (unpaired) electrons. The number of aliphatic hydroxyl groups is 3. The van der Waals surface area contributed by atoms with Crippen LogP contribution in [-0.2, 0) is 9.47 Å². The van der Waals surface area contributed by atoms with Gasteiger partial charge in [-0.1, -0.05) is 6.92 Å². The van der Waals surface area contributed by atoms with Gasteiger partial charge >= 0.3 is 0 Å². The van der Waals surface area contributed by atoms with Crippen molar-refractivity contribution in [2.45, 2.75) is 13.3 Å². The minimum Gasteiger partial charge on any atom is -0.396 e. The molecule has 0 aromatic rings. The Morgan fingerprint density at radius 3 is 1.00 bits per heavy atom. The van der Waals surface area contributed by atoms with E-state index in [4.69, 9.17) is 24.8 Å². The molecule has 0 saturated heterocycles. The lowest BCUT2D eigenvalue weighted by atomic mass is 10.5. The molecule has 15 heteroatoms. The van der Waals surface area contributed by atoms with Gasteiger partial charge in [0.15, 0.2) is 0 Å². The van der Waals surface area contributed by atoms with Crippen molar-refractivity contribution in [3.05, 3.63) is 0 Å². The van der Waals surface area contributed by atoms with Gasteiger partial charge in [-0.05, 0) is 12.2 Å². The summed E-state index contributed by atoms with van der Waals surface area (Å²) in [6.07, 6.45) is 1.13. The number of hydrogen-bond donors (Lipinski definition) is 5. The Balaban J connectivity index is -0.000000548. The molecule has 3 N–H and O–H groups in total. The maximum absolute atomic E-state index is 8.58. The second-order valence-corrected chi connectivity index (χ2v) is 18.4. The van der Waals surface area contributed by atoms with Crippen molar-refractivity contribution in [3.63, 3.8) is 0 Å². The minimum absolute atomic E-state index is 0.293. The van der Waals surface area contributed by atoms with E-state index in [0.29, 0.717) is 19.8 Å². The normalized spacial score (nSPS) is 10.7. The molecule has 5 nitrogen and oxygen atoms in total. The molecular formula is C27H60O5S10. The van der Waals surface area contributed by atoms with Crippen LogP contribution < -0.4 is 0 Å². The zero-order chi connectivity index (χ0) is 31.5. The zero-order valence-electron chi connectivity index (χ0n) is 25.7. The molecule has 0 bridgehead atoms. The number of thioether (sulfide) groups is 8. The molecule has 0 fully saturated rings. The number of hydrogen-bond acceptors (Lipinski definition) is 15. The third-order valence-corrected chi connectivity index (χ3v) is 13.9. The third kappa shape index (κ3) is 58.8. The third-order valence-electron chi connectivity index (χ3n) is 4.13. The van der Waals surface area contributed by atoms with Gasteiger partial charge in [0.25, 0.3) is 0 Å². The van der Waals surface area contributed by atoms with E-state index < -0.39 is 0 Å². The van der Waals surface area contributed by atoms with Gasteiger partial charge < -0.3 is 24.8 Å². The second kappa shape index (κ2) is 53.8. The van der Waals surface area contributed by atoms with Gasteiger partial charge in [0, 0.05) is 104 Å². The van der Waals surface area contributed by atoms with Gasteiger partial charge in [-0.15, -0.1) is 0 Å². The van der Waals surface area contributed by atoms with Gasteiger partial charge in [-0.25, -0.2) is 0 Å². The smallest absolute Gasteiger partial charge is 0.0557 e. The highest BCUT2D eigenvalue weighted by Crippen LogP contribution is 2.11. The Labute approximate surface area is 304 Å². The van der Waals surface area contributed by atoms with Crippen molar-refractivity contribution in [1.29, 1.82) is 0 Å². The summed E-state index contributed by atoms with van der Waals surface area (Å²) in [4.78, 5) is 0. The summed E-state index contributed by atoms with van der Waals surface area (Å²) in [5.74, 6) is 19.7. The van der Waals surface area contributed by atoms with Crippen molar-refractivity contribution >= 4 is 119 Å². The molecule has 0 aliphatic rings. The highest BCUT2D eigenvalue weighted by Gasteiger charge is 1.94. The Kier molecular flexibility index (Phi) is 63.6. The summed E-state index contributed by atoms with van der Waals surface area (Å²) in [6, 6.07) is 0. The Morgan fingerprint density at radius 1 is 0.381 bits per heavy atom. The highest BCUT2D eigenvalue weighted by molar-refractivity contribution is 8.05. The fraction of sp³-hybridized carbons (Fsp3) is 1.00. The zero-order valence-corrected chi connectivity index (χ0v) is 34.0. The van der Waals surface area contributed by atoms with Crippen LogP contribution in [0, 0.1) is 0 Å². The molecule has 0 aromatic carbocycles. The first kappa shape index (κ1) is 49.7. The maximum atomic E-state index is 8.58. The van der Waals surface area contributed by atoms with Crippen molar-refractivity contribution < 1.29 is 24.8 Å². The number of aliphatic hydroxyl groups excluding tert-OH is 3. The van der Waals surface area contributed by atoms with E-state index in [-0.39, 0.29) is 0 Å². The molecule has 0 aromatic heterocycles. The summed E-state index contributed by atoms with van der Waals surface area (Å²) in [6.45, 7) is 6.47. The van der Waals surface area contributed by atoms with E-state index in [0.717, 1.165) is 90.4 Å². The molecule has 0 amide bonds. The first-order valence-corrected chi connectivity index (χ1v) is 25.1. The van der Waals surface area contributed by atoms with Crippen LogP contribution in [0.2, 0.25) is 0 Å². The van der Waals surface area contributed by atoms with Crippen LogP contribution in [0.3, 0.4) is 0 Å². The molecule has 0 heterocycles. The summed E-state index contributed by atoms with van der Waals surface area (Å²) < 4.78 is 10.7. The van der Waals surface area contributed by atoms with Gasteiger partial charge in [-0.2, -0.15) is 119 Å². The lowest BCUT2D eigenvalue weighted by Gasteiger charge is -2.03. The van der Waals surface area contributed by atoms with Gasteiger partial charge in [0.2, 0.25) is 0 Å². The first-order valence-electron chi connectivity index (χ1n) is 14.6. The Hall–Kier alpha value is 3.30. The van der Waals surface area contributed by atoms with Crippen molar-refractivity contribution in [2.75, 3.05) is 150 Å². The van der Waals surface area contributed by atoms with Crippen LogP contribution in [0.4, 0.5) is 0 Å². The average Bonchev–Trinajstić information content (AvgIpc) is 3.01. The lowest BCUT2D eigenvalue weighted by molar-refractivity contribution is 0.151. The van der Waals surface area contributed by atoms with Gasteiger partial charge in [0.1, 0.15) is 0 Å². The summed E-state index contributed by atoms with van der Waals surface area (Å²) in [7, 11) is 0. The fourth-order valence-electron chi connectivity index (χ4n) is 2.31. The molecule has 42 heavy (non-hydrogen) atoms. The largest absolute Gasteiger partial charge is 0.396 e. The van der Waals surface area contributed by atoms with E-state index >= 15 is 0 Å². The van der Waals surface area contributed by atoms with Crippen molar-refractivity contribution in [1.82, 2.24) is 0 Å². The second-order valence-electron chi connectivity index (χ2n) is 7.74. The Bertz CT molecular complexity index is 370. The molecule has 0 aliphatic carbocycles. The van der Waals surface area contributed by atoms with Crippen LogP contribution in [0.25, 0.3) is 0 Å². The van der Waals surface area contributed by atoms with Crippen LogP contribution in [0.15, 0.2) is 0 Å². The summed E-state index contributed by atoms with van der Waals surface area (Å²) in [5, 5.41) is 25.6. The first-order chi connectivity index (χ1) is 20.7. The number of rotatable bonds is 33. The van der Waals surface area contributed by atoms with Crippen LogP contribution in [0.1, 0.15) is 13.3 Å². The van der Waals surface area contributed by atoms with Crippen LogP contribution in [-0.4, -0.2) is 165 Å². The number of thiol groups is 2. The molecule has 0 spiro atoms. The van der Waals surface area contributed by atoms with E-state index in [1.54, 1.807) is 23.5 Å². The summed E-state index contributed by atoms with van der Waals surface area (Å²) in [5.41, 5.74) is 0. The predicted molar refractivity (Wildman–Crippen MR) is 219 cm³/mol. The van der Waals surface area contributed by atoms with Crippen molar-refractivity contribution in [2.24, 2.45) is 0 Å². The monoisotopic (exact) mass is 784 g/mol. The topological polar surface area (TPSA) is 79.2 Å². The van der Waals surface area contributed by atoms with E-state index in [1.165, 1.54) is 46.0 Å². The average molecular weight is 785 g/mol. The van der Waals surface area contributed by atoms with E-state index in [1.807, 2.05) is 70.6 Å². The molecular weight excluding hydrogens is 725 g/mol. The molecule has 0 aliphatic heterocycles. The molecule has 258 valence electrons. The van der Waals surface area contributed by atoms with Gasteiger partial charge in [0.05, 0.1) is 39.6 Å². The predicted octanol–water partition coefficient (Wildman–Crippen LogP) is 6.10. The number of ether oxygens (including phenoxy) is 2. The van der Waals surface area contributed by atoms with Crippen molar-refractivity contribution in [3.8, 4) is 0 Å². The standard InChI is InChI=1S/C10H22O2S4.C9H20OS3.C8H18O2S3/c11-1-5-14-7-9-16-10-8-15-6-3-12-2-4-13;1-2-3-10-4-6-12-8-9-13-7-5-11;9-1-3-11-5-7-13-8-6-12-4-2-10/h11,13H,1-10H2;11H,2-9H2,1H3;9-10H,1-8H2. The minimum atomic E-state index is 0.293. The van der Waals surface area contributed by atoms with E-state index in [2.05, 4.69) is 32.2 Å². The molecule has 0 saturated carbocycles. The van der Waals surface area contributed by atoms with Crippen LogP contribution in [0.5, 0.6) is 0 Å². The van der Waals surface area contributed by atoms with E-state index in [9.17, 15) is 0 Å². The Morgan fingerprint density at radius 2 is 0.690 bits per heavy atom. The lowest BCUT2D eigenvalue weighted by Crippen LogP contribution is -2.01. The SMILES string of the molecule is CCCOCCSCCSCCS.OCCSCCSCCSCCO.OCCSCCSCCSCCOCCS. The van der Waals surface area contributed by atoms with Crippen LogP contribution >= 0.6 is 119 Å². The summed E-state index contributed by atoms with van der Waals surface area (Å²) >= 11 is 23.5.